The third-order valence-electron chi connectivity index (χ3n) is 3.97. The van der Waals surface area contributed by atoms with Crippen molar-refractivity contribution < 1.29 is 23.1 Å². The molecule has 1 aromatic rings. The van der Waals surface area contributed by atoms with Crippen LogP contribution in [0.15, 0.2) is 24.3 Å². The molecule has 0 unspecified atom stereocenters. The zero-order valence-electron chi connectivity index (χ0n) is 12.3. The molecule has 1 saturated heterocycles. The largest absolute Gasteiger partial charge is 0.480 e. The fourth-order valence-electron chi connectivity index (χ4n) is 2.57. The van der Waals surface area contributed by atoms with E-state index in [1.807, 2.05) is 9.80 Å². The Bertz CT molecular complexity index is 526. The summed E-state index contributed by atoms with van der Waals surface area (Å²) in [6.45, 7) is 4.59. The van der Waals surface area contributed by atoms with Crippen molar-refractivity contribution in [2.45, 2.75) is 25.7 Å². The second kappa shape index (κ2) is 6.66. The molecule has 22 heavy (non-hydrogen) atoms. The van der Waals surface area contributed by atoms with Crippen LogP contribution in [0.4, 0.5) is 13.2 Å². The van der Waals surface area contributed by atoms with Gasteiger partial charge in [0.2, 0.25) is 0 Å². The zero-order chi connectivity index (χ0) is 16.3. The highest BCUT2D eigenvalue weighted by Gasteiger charge is 2.30. The van der Waals surface area contributed by atoms with E-state index in [2.05, 4.69) is 0 Å². The molecule has 1 fully saturated rings. The van der Waals surface area contributed by atoms with Gasteiger partial charge in [0.05, 0.1) is 5.56 Å². The van der Waals surface area contributed by atoms with Gasteiger partial charge in [0.1, 0.15) is 6.04 Å². The van der Waals surface area contributed by atoms with E-state index in [0.29, 0.717) is 38.3 Å². The molecular weight excluding hydrogens is 297 g/mol. The first-order chi connectivity index (χ1) is 10.3. The van der Waals surface area contributed by atoms with E-state index in [1.54, 1.807) is 13.0 Å². The van der Waals surface area contributed by atoms with Gasteiger partial charge in [0, 0.05) is 32.7 Å². The highest BCUT2D eigenvalue weighted by atomic mass is 19.4. The predicted octanol–water partition coefficient (Wildman–Crippen LogP) is 2.30. The van der Waals surface area contributed by atoms with Crippen LogP contribution in [0.25, 0.3) is 0 Å². The van der Waals surface area contributed by atoms with Crippen molar-refractivity contribution in [1.29, 1.82) is 0 Å². The molecule has 122 valence electrons. The fraction of sp³-hybridized carbons (Fsp3) is 0.533. The lowest BCUT2D eigenvalue weighted by atomic mass is 10.1. The van der Waals surface area contributed by atoms with Crippen molar-refractivity contribution in [2.75, 3.05) is 26.2 Å². The van der Waals surface area contributed by atoms with Crippen molar-refractivity contribution in [2.24, 2.45) is 0 Å². The molecule has 0 bridgehead atoms. The number of halogens is 3. The quantitative estimate of drug-likeness (QED) is 0.926. The van der Waals surface area contributed by atoms with Gasteiger partial charge in [0.25, 0.3) is 0 Å². The molecule has 1 aliphatic heterocycles. The Morgan fingerprint density at radius 2 is 1.91 bits per heavy atom. The van der Waals surface area contributed by atoms with Gasteiger partial charge in [-0.05, 0) is 18.6 Å². The zero-order valence-corrected chi connectivity index (χ0v) is 12.3. The van der Waals surface area contributed by atoms with Crippen LogP contribution in [0.1, 0.15) is 18.1 Å². The number of carbonyl (C=O) groups is 1. The highest BCUT2D eigenvalue weighted by Crippen LogP contribution is 2.29. The van der Waals surface area contributed by atoms with Gasteiger partial charge in [-0.25, -0.2) is 0 Å². The first kappa shape index (κ1) is 16.8. The summed E-state index contributed by atoms with van der Waals surface area (Å²) < 4.78 is 38.1. The van der Waals surface area contributed by atoms with Crippen LogP contribution < -0.4 is 0 Å². The van der Waals surface area contributed by atoms with E-state index < -0.39 is 23.8 Å². The third kappa shape index (κ3) is 4.20. The number of piperazine rings is 1. The Kier molecular flexibility index (Phi) is 5.08. The smallest absolute Gasteiger partial charge is 0.416 e. The molecule has 1 heterocycles. The number of hydrogen-bond donors (Lipinski definition) is 1. The van der Waals surface area contributed by atoms with Crippen LogP contribution in [0.3, 0.4) is 0 Å². The van der Waals surface area contributed by atoms with Gasteiger partial charge in [-0.15, -0.1) is 0 Å². The number of carboxylic acids is 1. The molecule has 1 N–H and O–H groups in total. The van der Waals surface area contributed by atoms with Crippen LogP contribution in [-0.4, -0.2) is 53.1 Å². The molecule has 0 amide bonds. The molecule has 0 aromatic heterocycles. The Morgan fingerprint density at radius 3 is 2.45 bits per heavy atom. The average Bonchev–Trinajstić information content (AvgIpc) is 2.46. The number of nitrogens with zero attached hydrogens (tertiary/aromatic N) is 2. The number of rotatable bonds is 4. The van der Waals surface area contributed by atoms with E-state index in [1.165, 1.54) is 12.1 Å². The van der Waals surface area contributed by atoms with Crippen LogP contribution in [-0.2, 0) is 17.5 Å². The summed E-state index contributed by atoms with van der Waals surface area (Å²) in [6, 6.07) is 4.81. The Morgan fingerprint density at radius 1 is 1.27 bits per heavy atom. The summed E-state index contributed by atoms with van der Waals surface area (Å²) >= 11 is 0. The Labute approximate surface area is 127 Å². The number of aliphatic carboxylic acids is 1. The van der Waals surface area contributed by atoms with Gasteiger partial charge < -0.3 is 5.11 Å². The van der Waals surface area contributed by atoms with Crippen molar-refractivity contribution in [3.63, 3.8) is 0 Å². The summed E-state index contributed by atoms with van der Waals surface area (Å²) in [5.41, 5.74) is -0.0160. The summed E-state index contributed by atoms with van der Waals surface area (Å²) in [7, 11) is 0. The fourth-order valence-corrected chi connectivity index (χ4v) is 2.57. The van der Waals surface area contributed by atoms with Gasteiger partial charge in [-0.1, -0.05) is 18.2 Å². The van der Waals surface area contributed by atoms with Crippen molar-refractivity contribution >= 4 is 5.97 Å². The summed E-state index contributed by atoms with van der Waals surface area (Å²) in [6.07, 6.45) is -4.33. The normalized spacial score (nSPS) is 19.1. The van der Waals surface area contributed by atoms with Crippen LogP contribution in [0, 0.1) is 0 Å². The van der Waals surface area contributed by atoms with E-state index in [9.17, 15) is 18.0 Å². The van der Waals surface area contributed by atoms with Gasteiger partial charge in [0.15, 0.2) is 0 Å². The third-order valence-corrected chi connectivity index (χ3v) is 3.97. The van der Waals surface area contributed by atoms with Crippen molar-refractivity contribution in [1.82, 2.24) is 9.80 Å². The monoisotopic (exact) mass is 316 g/mol. The van der Waals surface area contributed by atoms with Crippen molar-refractivity contribution in [3.05, 3.63) is 35.4 Å². The molecule has 0 aliphatic carbocycles. The Balaban J connectivity index is 1.93. The second-order valence-corrected chi connectivity index (χ2v) is 5.52. The molecule has 4 nitrogen and oxygen atoms in total. The van der Waals surface area contributed by atoms with E-state index >= 15 is 0 Å². The molecular formula is C15H19F3N2O2. The number of alkyl halides is 3. The molecule has 0 radical (unpaired) electrons. The van der Waals surface area contributed by atoms with E-state index in [-0.39, 0.29) is 0 Å². The molecule has 0 saturated carbocycles. The predicted molar refractivity (Wildman–Crippen MR) is 75.4 cm³/mol. The van der Waals surface area contributed by atoms with E-state index in [0.717, 1.165) is 6.07 Å². The molecule has 2 rings (SSSR count). The highest BCUT2D eigenvalue weighted by molar-refractivity contribution is 5.72. The minimum atomic E-state index is -4.33. The summed E-state index contributed by atoms with van der Waals surface area (Å²) in [4.78, 5) is 14.8. The first-order valence-corrected chi connectivity index (χ1v) is 7.12. The lowest BCUT2D eigenvalue weighted by molar-refractivity contribution is -0.143. The van der Waals surface area contributed by atoms with Gasteiger partial charge in [-0.2, -0.15) is 13.2 Å². The maximum atomic E-state index is 12.7. The summed E-state index contributed by atoms with van der Waals surface area (Å²) in [5.74, 6) is -0.855. The molecule has 1 aromatic carbocycles. The number of benzene rings is 1. The average molecular weight is 316 g/mol. The lowest BCUT2D eigenvalue weighted by Crippen LogP contribution is -2.51. The molecule has 1 atom stereocenters. The topological polar surface area (TPSA) is 43.8 Å². The maximum Gasteiger partial charge on any atom is 0.416 e. The Hall–Kier alpha value is -1.60. The van der Waals surface area contributed by atoms with E-state index in [4.69, 9.17) is 5.11 Å². The van der Waals surface area contributed by atoms with Crippen LogP contribution in [0.5, 0.6) is 0 Å². The number of carboxylic acid groups (broad SMARTS) is 1. The molecule has 0 spiro atoms. The van der Waals surface area contributed by atoms with Gasteiger partial charge in [-0.3, -0.25) is 14.6 Å². The van der Waals surface area contributed by atoms with Crippen LogP contribution >= 0.6 is 0 Å². The minimum absolute atomic E-state index is 0.444. The first-order valence-electron chi connectivity index (χ1n) is 7.12. The number of hydrogen-bond acceptors (Lipinski definition) is 3. The van der Waals surface area contributed by atoms with Gasteiger partial charge >= 0.3 is 12.1 Å². The standard InChI is InChI=1S/C15H19F3N2O2/c1-11(14(21)22)20-7-5-19(6-8-20)10-12-3-2-4-13(9-12)15(16,17)18/h2-4,9,11H,5-8,10H2,1H3,(H,21,22)/t11-/m0/s1. The maximum absolute atomic E-state index is 12.7. The molecule has 7 heteroatoms. The summed E-state index contributed by atoms with van der Waals surface area (Å²) in [5, 5.41) is 8.98. The molecule has 1 aliphatic rings. The van der Waals surface area contributed by atoms with Crippen LogP contribution in [0.2, 0.25) is 0 Å². The lowest BCUT2D eigenvalue weighted by Gasteiger charge is -2.36. The van der Waals surface area contributed by atoms with Crippen molar-refractivity contribution in [3.8, 4) is 0 Å². The SMILES string of the molecule is C[C@@H](C(=O)O)N1CCN(Cc2cccc(C(F)(F)F)c2)CC1. The second-order valence-electron chi connectivity index (χ2n) is 5.52. The minimum Gasteiger partial charge on any atom is -0.480 e.